The molecule has 0 saturated carbocycles. The number of nitrogens with one attached hydrogen (secondary N) is 1. The zero-order chi connectivity index (χ0) is 9.80. The molecule has 0 spiro atoms. The van der Waals surface area contributed by atoms with Crippen LogP contribution in [0.3, 0.4) is 0 Å². The fourth-order valence-corrected chi connectivity index (χ4v) is 2.65. The number of likely N-dealkylation sites (tertiary alicyclic amines) is 1. The third kappa shape index (κ3) is 2.67. The zero-order valence-electron chi connectivity index (χ0n) is 8.84. The summed E-state index contributed by atoms with van der Waals surface area (Å²) in [6, 6.07) is 0.642. The molecule has 2 fully saturated rings. The van der Waals surface area contributed by atoms with Crippen molar-refractivity contribution >= 4 is 0 Å². The van der Waals surface area contributed by atoms with Crippen LogP contribution in [0.25, 0.3) is 0 Å². The first kappa shape index (κ1) is 10.4. The number of piperidine rings is 1. The first-order valence-corrected chi connectivity index (χ1v) is 5.95. The molecule has 2 atom stereocenters. The Morgan fingerprint density at radius 1 is 1.07 bits per heavy atom. The number of alkyl halides is 1. The van der Waals surface area contributed by atoms with Gasteiger partial charge in [-0.3, -0.25) is 4.90 Å². The third-order valence-electron chi connectivity index (χ3n) is 3.46. The van der Waals surface area contributed by atoms with Crippen molar-refractivity contribution in [2.75, 3.05) is 26.2 Å². The number of nitrogens with zero attached hydrogens (tertiary/aromatic N) is 1. The number of hydrogen-bond donors (Lipinski definition) is 1. The van der Waals surface area contributed by atoms with Crippen LogP contribution in [0.4, 0.5) is 4.39 Å². The van der Waals surface area contributed by atoms with Crippen molar-refractivity contribution < 1.29 is 4.39 Å². The molecule has 0 aromatic heterocycles. The highest BCUT2D eigenvalue weighted by molar-refractivity contribution is 4.81. The van der Waals surface area contributed by atoms with E-state index >= 15 is 0 Å². The Bertz CT molecular complexity index is 167. The molecule has 2 aliphatic heterocycles. The highest BCUT2D eigenvalue weighted by Crippen LogP contribution is 2.20. The standard InChI is InChI=1S/C11H21FN2/c12-10-3-2-8-14(9-10)11-4-1-6-13-7-5-11/h10-11,13H,1-9H2. The van der Waals surface area contributed by atoms with Gasteiger partial charge in [0.05, 0.1) is 0 Å². The molecule has 82 valence electrons. The van der Waals surface area contributed by atoms with Crippen LogP contribution < -0.4 is 5.32 Å². The Labute approximate surface area is 85.9 Å². The van der Waals surface area contributed by atoms with Crippen LogP contribution in [0.5, 0.6) is 0 Å². The van der Waals surface area contributed by atoms with E-state index in [1.54, 1.807) is 0 Å². The minimum atomic E-state index is -0.569. The molecular formula is C11H21FN2. The Morgan fingerprint density at radius 2 is 2.00 bits per heavy atom. The number of halogens is 1. The van der Waals surface area contributed by atoms with Crippen molar-refractivity contribution in [1.29, 1.82) is 0 Å². The van der Waals surface area contributed by atoms with Gasteiger partial charge in [0.2, 0.25) is 0 Å². The van der Waals surface area contributed by atoms with E-state index in [1.807, 2.05) is 0 Å². The van der Waals surface area contributed by atoms with Crippen LogP contribution in [-0.4, -0.2) is 43.3 Å². The third-order valence-corrected chi connectivity index (χ3v) is 3.46. The fraction of sp³-hybridized carbons (Fsp3) is 1.00. The van der Waals surface area contributed by atoms with Gasteiger partial charge in [-0.05, 0) is 51.7 Å². The van der Waals surface area contributed by atoms with E-state index in [4.69, 9.17) is 0 Å². The quantitative estimate of drug-likeness (QED) is 0.691. The maximum absolute atomic E-state index is 13.2. The lowest BCUT2D eigenvalue weighted by atomic mass is 10.0. The second kappa shape index (κ2) is 5.08. The maximum atomic E-state index is 13.2. The molecule has 2 saturated heterocycles. The van der Waals surface area contributed by atoms with E-state index in [-0.39, 0.29) is 0 Å². The molecule has 2 rings (SSSR count). The Morgan fingerprint density at radius 3 is 2.86 bits per heavy atom. The van der Waals surface area contributed by atoms with Crippen molar-refractivity contribution in [3.63, 3.8) is 0 Å². The average molecular weight is 200 g/mol. The van der Waals surface area contributed by atoms with Crippen molar-refractivity contribution in [2.24, 2.45) is 0 Å². The predicted octanol–water partition coefficient (Wildman–Crippen LogP) is 1.56. The largest absolute Gasteiger partial charge is 0.317 e. The van der Waals surface area contributed by atoms with Gasteiger partial charge in [0.15, 0.2) is 0 Å². The van der Waals surface area contributed by atoms with Crippen LogP contribution in [0.2, 0.25) is 0 Å². The van der Waals surface area contributed by atoms with Crippen molar-refractivity contribution in [1.82, 2.24) is 10.2 Å². The molecule has 2 nitrogen and oxygen atoms in total. The van der Waals surface area contributed by atoms with Gasteiger partial charge >= 0.3 is 0 Å². The molecule has 0 amide bonds. The van der Waals surface area contributed by atoms with Crippen LogP contribution in [-0.2, 0) is 0 Å². The summed E-state index contributed by atoms with van der Waals surface area (Å²) in [5, 5.41) is 3.41. The average Bonchev–Trinajstić information content (AvgIpc) is 2.45. The fourth-order valence-electron chi connectivity index (χ4n) is 2.65. The minimum Gasteiger partial charge on any atom is -0.317 e. The first-order chi connectivity index (χ1) is 6.86. The van der Waals surface area contributed by atoms with Gasteiger partial charge in [0.25, 0.3) is 0 Å². The molecule has 2 heterocycles. The molecule has 0 aromatic rings. The lowest BCUT2D eigenvalue weighted by molar-refractivity contribution is 0.0923. The lowest BCUT2D eigenvalue weighted by Crippen LogP contribution is -2.43. The molecule has 2 unspecified atom stereocenters. The van der Waals surface area contributed by atoms with Gasteiger partial charge in [-0.2, -0.15) is 0 Å². The summed E-state index contributed by atoms with van der Waals surface area (Å²) < 4.78 is 13.2. The lowest BCUT2D eigenvalue weighted by Gasteiger charge is -2.35. The SMILES string of the molecule is FC1CCCN(C2CCCNCC2)C1. The van der Waals surface area contributed by atoms with E-state index in [0.29, 0.717) is 12.6 Å². The van der Waals surface area contributed by atoms with Crippen molar-refractivity contribution in [2.45, 2.75) is 44.3 Å². The van der Waals surface area contributed by atoms with E-state index < -0.39 is 6.17 Å². The van der Waals surface area contributed by atoms with Crippen LogP contribution >= 0.6 is 0 Å². The van der Waals surface area contributed by atoms with Crippen LogP contribution in [0.1, 0.15) is 32.1 Å². The van der Waals surface area contributed by atoms with E-state index in [1.165, 1.54) is 19.3 Å². The van der Waals surface area contributed by atoms with Gasteiger partial charge in [0, 0.05) is 12.6 Å². The Balaban J connectivity index is 1.85. The highest BCUT2D eigenvalue weighted by atomic mass is 19.1. The molecule has 1 N–H and O–H groups in total. The van der Waals surface area contributed by atoms with E-state index in [2.05, 4.69) is 10.2 Å². The van der Waals surface area contributed by atoms with Crippen LogP contribution in [0, 0.1) is 0 Å². The molecule has 0 aliphatic carbocycles. The number of hydrogen-bond acceptors (Lipinski definition) is 2. The van der Waals surface area contributed by atoms with E-state index in [0.717, 1.165) is 32.5 Å². The van der Waals surface area contributed by atoms with Gasteiger partial charge in [-0.25, -0.2) is 4.39 Å². The molecule has 3 heteroatoms. The van der Waals surface area contributed by atoms with Gasteiger partial charge < -0.3 is 5.32 Å². The highest BCUT2D eigenvalue weighted by Gasteiger charge is 2.25. The summed E-state index contributed by atoms with van der Waals surface area (Å²) in [4.78, 5) is 2.38. The molecule has 0 bridgehead atoms. The van der Waals surface area contributed by atoms with E-state index in [9.17, 15) is 4.39 Å². The molecule has 0 aromatic carbocycles. The van der Waals surface area contributed by atoms with Gasteiger partial charge in [0.1, 0.15) is 6.17 Å². The Kier molecular flexibility index (Phi) is 3.76. The summed E-state index contributed by atoms with van der Waals surface area (Å²) >= 11 is 0. The molecule has 2 aliphatic rings. The first-order valence-electron chi connectivity index (χ1n) is 5.95. The second-order valence-electron chi connectivity index (χ2n) is 4.57. The Hall–Kier alpha value is -0.150. The maximum Gasteiger partial charge on any atom is 0.113 e. The monoisotopic (exact) mass is 200 g/mol. The molecule has 0 radical (unpaired) electrons. The van der Waals surface area contributed by atoms with Crippen LogP contribution in [0.15, 0.2) is 0 Å². The van der Waals surface area contributed by atoms with Gasteiger partial charge in [-0.15, -0.1) is 0 Å². The van der Waals surface area contributed by atoms with Crippen molar-refractivity contribution in [3.05, 3.63) is 0 Å². The number of rotatable bonds is 1. The molecular weight excluding hydrogens is 179 g/mol. The second-order valence-corrected chi connectivity index (χ2v) is 4.57. The normalized spacial score (nSPS) is 36.6. The summed E-state index contributed by atoms with van der Waals surface area (Å²) in [5.41, 5.74) is 0. The summed E-state index contributed by atoms with van der Waals surface area (Å²) in [6.07, 6.45) is 4.96. The van der Waals surface area contributed by atoms with Gasteiger partial charge in [-0.1, -0.05) is 0 Å². The zero-order valence-corrected chi connectivity index (χ0v) is 8.84. The van der Waals surface area contributed by atoms with Crippen molar-refractivity contribution in [3.8, 4) is 0 Å². The smallest absolute Gasteiger partial charge is 0.113 e. The summed E-state index contributed by atoms with van der Waals surface area (Å²) in [5.74, 6) is 0. The topological polar surface area (TPSA) is 15.3 Å². The molecule has 14 heavy (non-hydrogen) atoms. The summed E-state index contributed by atoms with van der Waals surface area (Å²) in [6.45, 7) is 4.05. The summed E-state index contributed by atoms with van der Waals surface area (Å²) in [7, 11) is 0. The minimum absolute atomic E-state index is 0.569. The predicted molar refractivity (Wildman–Crippen MR) is 56.2 cm³/mol.